The zero-order valence-electron chi connectivity index (χ0n) is 20.6. The monoisotopic (exact) mass is 484 g/mol. The van der Waals surface area contributed by atoms with Crippen LogP contribution in [0.4, 0.5) is 4.79 Å². The number of hydrogen-bond donors (Lipinski definition) is 1. The maximum atomic E-state index is 13.0. The molecule has 6 nitrogen and oxygen atoms in total. The molecular formula is C30H32N2O4. The number of benzene rings is 3. The molecule has 1 amide bonds. The standard InChI is InChI=1S/C30H32N2O4/c1-21(33)23-12-10-22(11-13-23)20-35-27-9-5-8-26(18-27)29(25-6-3-2-4-7-25)31-30(34)36-28-19-32-16-14-24(28)15-17-32/h2-13,18,24,28-29H,14-17,19-20H2,1H3,(H,31,34)/t28-,29-/m0/s1. The van der Waals surface area contributed by atoms with Crippen LogP contribution in [0.1, 0.15) is 52.9 Å². The summed E-state index contributed by atoms with van der Waals surface area (Å²) in [6.07, 6.45) is 1.75. The van der Waals surface area contributed by atoms with Crippen molar-refractivity contribution in [3.63, 3.8) is 0 Å². The highest BCUT2D eigenvalue weighted by Crippen LogP contribution is 2.30. The van der Waals surface area contributed by atoms with Gasteiger partial charge in [-0.1, -0.05) is 66.7 Å². The maximum Gasteiger partial charge on any atom is 0.408 e. The van der Waals surface area contributed by atoms with Crippen LogP contribution in [0.5, 0.6) is 5.75 Å². The Morgan fingerprint density at radius 2 is 1.67 bits per heavy atom. The Balaban J connectivity index is 1.29. The normalized spacial score (nSPS) is 21.4. The molecule has 0 radical (unpaired) electrons. The minimum Gasteiger partial charge on any atom is -0.489 e. The van der Waals surface area contributed by atoms with Gasteiger partial charge in [0.2, 0.25) is 0 Å². The first kappa shape index (κ1) is 24.1. The van der Waals surface area contributed by atoms with Crippen molar-refractivity contribution in [3.8, 4) is 5.75 Å². The molecule has 6 heteroatoms. The summed E-state index contributed by atoms with van der Waals surface area (Å²) >= 11 is 0. The Hall–Kier alpha value is -3.64. The molecule has 2 atom stereocenters. The third-order valence-electron chi connectivity index (χ3n) is 7.21. The van der Waals surface area contributed by atoms with E-state index in [0.29, 0.717) is 23.8 Å². The van der Waals surface area contributed by atoms with E-state index in [2.05, 4.69) is 10.2 Å². The van der Waals surface area contributed by atoms with Gasteiger partial charge < -0.3 is 14.8 Å². The molecule has 2 bridgehead atoms. The summed E-state index contributed by atoms with van der Waals surface area (Å²) in [7, 11) is 0. The minimum atomic E-state index is -0.389. The summed E-state index contributed by atoms with van der Waals surface area (Å²) in [5.74, 6) is 1.20. The number of alkyl carbamates (subject to hydrolysis) is 1. The van der Waals surface area contributed by atoms with Gasteiger partial charge in [0.25, 0.3) is 0 Å². The molecule has 0 aromatic heterocycles. The smallest absolute Gasteiger partial charge is 0.408 e. The molecular weight excluding hydrogens is 452 g/mol. The summed E-state index contributed by atoms with van der Waals surface area (Å²) in [6, 6.07) is 24.7. The largest absolute Gasteiger partial charge is 0.489 e. The predicted octanol–water partition coefficient (Wildman–Crippen LogP) is 5.38. The number of piperidine rings is 3. The first-order valence-corrected chi connectivity index (χ1v) is 12.6. The van der Waals surface area contributed by atoms with Crippen LogP contribution in [-0.2, 0) is 11.3 Å². The van der Waals surface area contributed by atoms with Crippen molar-refractivity contribution < 1.29 is 19.1 Å². The molecule has 0 spiro atoms. The number of ether oxygens (including phenoxy) is 2. The van der Waals surface area contributed by atoms with E-state index in [-0.39, 0.29) is 24.0 Å². The second-order valence-corrected chi connectivity index (χ2v) is 9.68. The number of Topliss-reactive ketones (excluding diaryl/α,β-unsaturated/α-hetero) is 1. The number of fused-ring (bicyclic) bond motifs is 3. The Bertz CT molecular complexity index is 1190. The highest BCUT2D eigenvalue weighted by molar-refractivity contribution is 5.94. The fourth-order valence-electron chi connectivity index (χ4n) is 5.12. The van der Waals surface area contributed by atoms with Crippen LogP contribution >= 0.6 is 0 Å². The second-order valence-electron chi connectivity index (χ2n) is 9.68. The molecule has 186 valence electrons. The van der Waals surface area contributed by atoms with Crippen LogP contribution in [0.2, 0.25) is 0 Å². The van der Waals surface area contributed by atoms with Crippen LogP contribution in [0.15, 0.2) is 78.9 Å². The Morgan fingerprint density at radius 3 is 2.33 bits per heavy atom. The van der Waals surface area contributed by atoms with Crippen LogP contribution in [0, 0.1) is 5.92 Å². The number of amides is 1. The summed E-state index contributed by atoms with van der Waals surface area (Å²) in [5.41, 5.74) is 3.55. The van der Waals surface area contributed by atoms with Crippen molar-refractivity contribution in [3.05, 3.63) is 101 Å². The lowest BCUT2D eigenvalue weighted by Gasteiger charge is -2.43. The van der Waals surface area contributed by atoms with Gasteiger partial charge in [0.05, 0.1) is 6.04 Å². The van der Waals surface area contributed by atoms with Gasteiger partial charge in [-0.2, -0.15) is 0 Å². The number of rotatable bonds is 8. The van der Waals surface area contributed by atoms with Gasteiger partial charge in [-0.15, -0.1) is 0 Å². The third kappa shape index (κ3) is 5.77. The quantitative estimate of drug-likeness (QED) is 0.435. The van der Waals surface area contributed by atoms with Gasteiger partial charge in [0.1, 0.15) is 18.5 Å². The van der Waals surface area contributed by atoms with E-state index in [9.17, 15) is 9.59 Å². The van der Waals surface area contributed by atoms with Crippen molar-refractivity contribution in [2.75, 3.05) is 19.6 Å². The van der Waals surface area contributed by atoms with Gasteiger partial charge in [-0.3, -0.25) is 9.69 Å². The van der Waals surface area contributed by atoms with Crippen molar-refractivity contribution in [1.29, 1.82) is 0 Å². The molecule has 3 saturated heterocycles. The zero-order chi connectivity index (χ0) is 24.9. The van der Waals surface area contributed by atoms with Crippen molar-refractivity contribution in [1.82, 2.24) is 10.2 Å². The van der Waals surface area contributed by atoms with Crippen molar-refractivity contribution in [2.24, 2.45) is 5.92 Å². The lowest BCUT2D eigenvalue weighted by Crippen LogP contribution is -2.52. The molecule has 0 saturated carbocycles. The summed E-state index contributed by atoms with van der Waals surface area (Å²) in [6.45, 7) is 4.97. The van der Waals surface area contributed by atoms with E-state index in [0.717, 1.165) is 49.2 Å². The molecule has 3 fully saturated rings. The van der Waals surface area contributed by atoms with E-state index in [1.54, 1.807) is 6.92 Å². The number of ketones is 1. The Kier molecular flexibility index (Phi) is 7.33. The molecule has 3 aliphatic rings. The van der Waals surface area contributed by atoms with Gasteiger partial charge in [0.15, 0.2) is 5.78 Å². The number of carbonyl (C=O) groups excluding carboxylic acids is 2. The molecule has 3 heterocycles. The summed E-state index contributed by atoms with van der Waals surface area (Å²) in [5, 5.41) is 3.11. The lowest BCUT2D eigenvalue weighted by molar-refractivity contribution is -0.0336. The molecule has 3 aliphatic heterocycles. The molecule has 3 aromatic rings. The molecule has 0 aliphatic carbocycles. The van der Waals surface area contributed by atoms with Crippen LogP contribution in [0.3, 0.4) is 0 Å². The fourth-order valence-corrected chi connectivity index (χ4v) is 5.12. The maximum absolute atomic E-state index is 13.0. The van der Waals surface area contributed by atoms with E-state index in [1.165, 1.54) is 0 Å². The third-order valence-corrected chi connectivity index (χ3v) is 7.21. The van der Waals surface area contributed by atoms with Gasteiger partial charge in [-0.25, -0.2) is 4.79 Å². The Morgan fingerprint density at radius 1 is 0.944 bits per heavy atom. The number of nitrogens with zero attached hydrogens (tertiary/aromatic N) is 1. The molecule has 1 N–H and O–H groups in total. The number of carbonyl (C=O) groups is 2. The Labute approximate surface area is 212 Å². The molecule has 3 aromatic carbocycles. The predicted molar refractivity (Wildman–Crippen MR) is 138 cm³/mol. The van der Waals surface area contributed by atoms with E-state index in [4.69, 9.17) is 9.47 Å². The second kappa shape index (κ2) is 11.0. The first-order valence-electron chi connectivity index (χ1n) is 12.6. The number of hydrogen-bond acceptors (Lipinski definition) is 5. The summed E-state index contributed by atoms with van der Waals surface area (Å²) in [4.78, 5) is 26.9. The molecule has 0 unspecified atom stereocenters. The van der Waals surface area contributed by atoms with Gasteiger partial charge >= 0.3 is 6.09 Å². The zero-order valence-corrected chi connectivity index (χ0v) is 20.6. The highest BCUT2D eigenvalue weighted by Gasteiger charge is 2.36. The van der Waals surface area contributed by atoms with Crippen molar-refractivity contribution in [2.45, 2.75) is 38.5 Å². The van der Waals surface area contributed by atoms with Gasteiger partial charge in [0, 0.05) is 12.1 Å². The van der Waals surface area contributed by atoms with E-state index >= 15 is 0 Å². The topological polar surface area (TPSA) is 67.9 Å². The minimum absolute atomic E-state index is 0.0432. The fraction of sp³-hybridized carbons (Fsp3) is 0.333. The van der Waals surface area contributed by atoms with Crippen LogP contribution in [-0.4, -0.2) is 42.5 Å². The molecule has 36 heavy (non-hydrogen) atoms. The van der Waals surface area contributed by atoms with E-state index < -0.39 is 0 Å². The average molecular weight is 485 g/mol. The van der Waals surface area contributed by atoms with Crippen LogP contribution in [0.25, 0.3) is 0 Å². The molecule has 6 rings (SSSR count). The highest BCUT2D eigenvalue weighted by atomic mass is 16.6. The lowest BCUT2D eigenvalue weighted by atomic mass is 9.86. The number of nitrogens with one attached hydrogen (secondary N) is 1. The first-order chi connectivity index (χ1) is 17.5. The average Bonchev–Trinajstić information content (AvgIpc) is 2.92. The van der Waals surface area contributed by atoms with E-state index in [1.807, 2.05) is 78.9 Å². The van der Waals surface area contributed by atoms with Crippen LogP contribution < -0.4 is 10.1 Å². The summed E-state index contributed by atoms with van der Waals surface area (Å²) < 4.78 is 12.0. The van der Waals surface area contributed by atoms with Gasteiger partial charge in [-0.05, 0) is 67.6 Å². The van der Waals surface area contributed by atoms with Crippen molar-refractivity contribution >= 4 is 11.9 Å². The SMILES string of the molecule is CC(=O)c1ccc(COc2cccc([C@@H](NC(=O)O[C@H]3CN4CCC3CC4)c3ccccc3)c2)cc1.